The first-order chi connectivity index (χ1) is 15.7. The summed E-state index contributed by atoms with van der Waals surface area (Å²) in [6.07, 6.45) is -1.89. The molecular weight excluding hydrogens is 513 g/mol. The van der Waals surface area contributed by atoms with Gasteiger partial charge in [0, 0.05) is 17.1 Å². The van der Waals surface area contributed by atoms with Crippen molar-refractivity contribution in [1.29, 1.82) is 0 Å². The molecule has 1 aromatic heterocycles. The van der Waals surface area contributed by atoms with E-state index in [1.807, 2.05) is 0 Å². The zero-order valence-corrected chi connectivity index (χ0v) is 20.2. The number of halogens is 3. The highest BCUT2D eigenvalue weighted by molar-refractivity contribution is 7.14. The van der Waals surface area contributed by atoms with Crippen LogP contribution in [-0.4, -0.2) is 58.4 Å². The van der Waals surface area contributed by atoms with Crippen molar-refractivity contribution in [2.75, 3.05) is 25.1 Å². The first-order valence-corrected chi connectivity index (χ1v) is 11.4. The summed E-state index contributed by atoms with van der Waals surface area (Å²) in [4.78, 5) is 32.3. The topological polar surface area (TPSA) is 103 Å². The van der Waals surface area contributed by atoms with Gasteiger partial charge in [-0.2, -0.15) is 4.98 Å². The van der Waals surface area contributed by atoms with Crippen LogP contribution in [0.5, 0.6) is 5.88 Å². The first kappa shape index (κ1) is 25.2. The van der Waals surface area contributed by atoms with Crippen molar-refractivity contribution in [3.8, 4) is 5.88 Å². The molecule has 1 heterocycles. The summed E-state index contributed by atoms with van der Waals surface area (Å²) in [6, 6.07) is 11.0. The minimum absolute atomic E-state index is 0.0423. The second-order valence-corrected chi connectivity index (χ2v) is 8.91. The number of ether oxygens (including phenoxy) is 1. The van der Waals surface area contributed by atoms with E-state index in [9.17, 15) is 14.7 Å². The molecule has 2 amide bonds. The SMILES string of the molecule is CN(CC(O)CO)C(=O)Oc1csc(N(C(=O)c2ccc(Cl)cc2Cl)c2ccc(Cl)cc2)n1. The van der Waals surface area contributed by atoms with Crippen LogP contribution in [0, 0.1) is 0 Å². The Morgan fingerprint density at radius 2 is 1.79 bits per heavy atom. The van der Waals surface area contributed by atoms with Crippen molar-refractivity contribution in [3.05, 3.63) is 68.5 Å². The van der Waals surface area contributed by atoms with Crippen molar-refractivity contribution in [2.45, 2.75) is 6.10 Å². The lowest BCUT2D eigenvalue weighted by atomic mass is 10.2. The molecular formula is C21H18Cl3N3O5S. The number of hydrogen-bond donors (Lipinski definition) is 2. The Kier molecular flexibility index (Phi) is 8.52. The molecule has 1 atom stereocenters. The van der Waals surface area contributed by atoms with Gasteiger partial charge in [0.25, 0.3) is 5.91 Å². The number of benzene rings is 2. The standard InChI is InChI=1S/C21H18Cl3N3O5S/c1-26(9-15(29)10-28)21(31)32-18-11-33-20(25-18)27(14-5-2-12(22)3-6-14)19(30)16-7-4-13(23)8-17(16)24/h2-8,11,15,28-29H,9-10H2,1H3. The smallest absolute Gasteiger partial charge is 0.394 e. The quantitative estimate of drug-likeness (QED) is 0.452. The van der Waals surface area contributed by atoms with Crippen LogP contribution in [-0.2, 0) is 0 Å². The molecule has 3 aromatic rings. The fourth-order valence-corrected chi connectivity index (χ4v) is 4.06. The van der Waals surface area contributed by atoms with E-state index in [2.05, 4.69) is 4.98 Å². The number of aromatic nitrogens is 1. The zero-order chi connectivity index (χ0) is 24.1. The number of amides is 2. The maximum Gasteiger partial charge on any atom is 0.416 e. The second kappa shape index (κ2) is 11.1. The molecule has 1 unspecified atom stereocenters. The van der Waals surface area contributed by atoms with E-state index in [0.717, 1.165) is 16.2 Å². The van der Waals surface area contributed by atoms with E-state index in [1.165, 1.54) is 29.5 Å². The molecule has 0 bridgehead atoms. The lowest BCUT2D eigenvalue weighted by Gasteiger charge is -2.21. The summed E-state index contributed by atoms with van der Waals surface area (Å²) in [6.45, 7) is -0.624. The van der Waals surface area contributed by atoms with E-state index in [-0.39, 0.29) is 28.1 Å². The van der Waals surface area contributed by atoms with Gasteiger partial charge in [-0.3, -0.25) is 9.69 Å². The molecule has 2 aromatic carbocycles. The Morgan fingerprint density at radius 3 is 2.42 bits per heavy atom. The second-order valence-electron chi connectivity index (χ2n) is 6.79. The minimum Gasteiger partial charge on any atom is -0.394 e. The van der Waals surface area contributed by atoms with Crippen LogP contribution in [0.3, 0.4) is 0 Å². The lowest BCUT2D eigenvalue weighted by Crippen LogP contribution is -2.37. The molecule has 2 N–H and O–H groups in total. The molecule has 0 aliphatic heterocycles. The fourth-order valence-electron chi connectivity index (χ4n) is 2.70. The molecule has 33 heavy (non-hydrogen) atoms. The van der Waals surface area contributed by atoms with Gasteiger partial charge in [-0.05, 0) is 42.5 Å². The highest BCUT2D eigenvalue weighted by Crippen LogP contribution is 2.35. The van der Waals surface area contributed by atoms with Gasteiger partial charge in [0.05, 0.1) is 40.9 Å². The number of aliphatic hydroxyl groups excluding tert-OH is 2. The molecule has 12 heteroatoms. The average Bonchev–Trinajstić information content (AvgIpc) is 3.22. The van der Waals surface area contributed by atoms with Crippen molar-refractivity contribution in [1.82, 2.24) is 9.88 Å². The van der Waals surface area contributed by atoms with Crippen molar-refractivity contribution in [3.63, 3.8) is 0 Å². The minimum atomic E-state index is -1.10. The van der Waals surface area contributed by atoms with Crippen molar-refractivity contribution >= 4 is 69.0 Å². The average molecular weight is 531 g/mol. The normalized spacial score (nSPS) is 11.7. The number of likely N-dealkylation sites (N-methyl/N-ethyl adjacent to an activating group) is 1. The molecule has 0 radical (unpaired) electrons. The number of aliphatic hydroxyl groups is 2. The lowest BCUT2D eigenvalue weighted by molar-refractivity contribution is 0.0660. The van der Waals surface area contributed by atoms with Gasteiger partial charge < -0.3 is 19.8 Å². The molecule has 0 fully saturated rings. The third-order valence-electron chi connectivity index (χ3n) is 4.31. The van der Waals surface area contributed by atoms with Gasteiger partial charge in [0.2, 0.25) is 11.0 Å². The summed E-state index contributed by atoms with van der Waals surface area (Å²) < 4.78 is 5.22. The Hall–Kier alpha value is -2.40. The number of hydrogen-bond acceptors (Lipinski definition) is 7. The number of nitrogens with zero attached hydrogens (tertiary/aromatic N) is 3. The van der Waals surface area contributed by atoms with Crippen molar-refractivity contribution < 1.29 is 24.5 Å². The fraction of sp³-hybridized carbons (Fsp3) is 0.190. The maximum atomic E-state index is 13.4. The molecule has 0 spiro atoms. The van der Waals surface area contributed by atoms with E-state index in [1.54, 1.807) is 30.3 Å². The van der Waals surface area contributed by atoms with Crippen LogP contribution in [0.1, 0.15) is 10.4 Å². The van der Waals surface area contributed by atoms with Crippen LogP contribution < -0.4 is 9.64 Å². The van der Waals surface area contributed by atoms with Gasteiger partial charge in [-0.25, -0.2) is 4.79 Å². The summed E-state index contributed by atoms with van der Waals surface area (Å²) in [5.41, 5.74) is 0.660. The van der Waals surface area contributed by atoms with Crippen molar-refractivity contribution in [2.24, 2.45) is 0 Å². The van der Waals surface area contributed by atoms with Gasteiger partial charge in [-0.15, -0.1) is 11.3 Å². The van der Waals surface area contributed by atoms with E-state index in [4.69, 9.17) is 44.6 Å². The van der Waals surface area contributed by atoms with Gasteiger partial charge in [0.15, 0.2) is 0 Å². The summed E-state index contributed by atoms with van der Waals surface area (Å²) in [5.74, 6) is -0.520. The number of anilines is 2. The monoisotopic (exact) mass is 529 g/mol. The van der Waals surface area contributed by atoms with Gasteiger partial charge in [-0.1, -0.05) is 34.8 Å². The van der Waals surface area contributed by atoms with Gasteiger partial charge >= 0.3 is 6.09 Å². The Labute approximate surface area is 208 Å². The predicted octanol–water partition coefficient (Wildman–Crippen LogP) is 4.87. The highest BCUT2D eigenvalue weighted by Gasteiger charge is 2.26. The van der Waals surface area contributed by atoms with Gasteiger partial charge in [0.1, 0.15) is 0 Å². The van der Waals surface area contributed by atoms with E-state index < -0.39 is 24.7 Å². The number of rotatable bonds is 7. The van der Waals surface area contributed by atoms with Crippen LogP contribution in [0.15, 0.2) is 47.8 Å². The van der Waals surface area contributed by atoms with E-state index in [0.29, 0.717) is 15.7 Å². The number of carbonyl (C=O) groups excluding carboxylic acids is 2. The molecule has 174 valence electrons. The Balaban J connectivity index is 1.91. The summed E-state index contributed by atoms with van der Waals surface area (Å²) in [5, 5.41) is 21.1. The maximum absolute atomic E-state index is 13.4. The third kappa shape index (κ3) is 6.35. The van der Waals surface area contributed by atoms with E-state index >= 15 is 0 Å². The summed E-state index contributed by atoms with van der Waals surface area (Å²) in [7, 11) is 1.40. The number of carbonyl (C=O) groups is 2. The summed E-state index contributed by atoms with van der Waals surface area (Å²) >= 11 is 19.3. The Bertz CT molecular complexity index is 1140. The molecule has 0 aliphatic carbocycles. The molecule has 0 aliphatic rings. The first-order valence-electron chi connectivity index (χ1n) is 9.42. The molecule has 3 rings (SSSR count). The molecule has 8 nitrogen and oxygen atoms in total. The Morgan fingerprint density at radius 1 is 1.12 bits per heavy atom. The van der Waals surface area contributed by atoms with Crippen LogP contribution >= 0.6 is 46.1 Å². The highest BCUT2D eigenvalue weighted by atomic mass is 35.5. The van der Waals surface area contributed by atoms with Crippen LogP contribution in [0.25, 0.3) is 0 Å². The third-order valence-corrected chi connectivity index (χ3v) is 5.91. The van der Waals surface area contributed by atoms with Crippen LogP contribution in [0.4, 0.5) is 15.6 Å². The van der Waals surface area contributed by atoms with Crippen LogP contribution in [0.2, 0.25) is 15.1 Å². The molecule has 0 saturated heterocycles. The largest absolute Gasteiger partial charge is 0.416 e. The number of thiazole rings is 1. The predicted molar refractivity (Wildman–Crippen MR) is 128 cm³/mol. The zero-order valence-electron chi connectivity index (χ0n) is 17.1. The molecule has 0 saturated carbocycles.